The van der Waals surface area contributed by atoms with E-state index in [9.17, 15) is 18.3 Å². The van der Waals surface area contributed by atoms with E-state index in [-0.39, 0.29) is 18.6 Å². The number of aliphatic hydroxyl groups is 1. The number of benzene rings is 1. The minimum atomic E-state index is -1.57. The lowest BCUT2D eigenvalue weighted by molar-refractivity contribution is 0.107. The molecule has 0 bridgehead atoms. The van der Waals surface area contributed by atoms with Crippen LogP contribution >= 0.6 is 0 Å². The maximum atomic E-state index is 13.1. The third-order valence-corrected chi connectivity index (χ3v) is 2.02. The van der Waals surface area contributed by atoms with Crippen molar-refractivity contribution in [3.63, 3.8) is 0 Å². The van der Waals surface area contributed by atoms with Crippen molar-refractivity contribution in [2.75, 3.05) is 13.7 Å². The van der Waals surface area contributed by atoms with Crippen LogP contribution in [0.1, 0.15) is 18.1 Å². The molecule has 1 rings (SSSR count). The van der Waals surface area contributed by atoms with Gasteiger partial charge in [-0.3, -0.25) is 0 Å². The second-order valence-electron chi connectivity index (χ2n) is 3.06. The first kappa shape index (κ1) is 12.0. The molecule has 0 aromatic heterocycles. The van der Waals surface area contributed by atoms with Crippen molar-refractivity contribution in [2.24, 2.45) is 0 Å². The number of halogens is 3. The van der Waals surface area contributed by atoms with E-state index in [1.165, 1.54) is 7.11 Å². The molecule has 1 atom stereocenters. The predicted molar refractivity (Wildman–Crippen MR) is 47.8 cm³/mol. The minimum absolute atomic E-state index is 0.124. The van der Waals surface area contributed by atoms with Gasteiger partial charge in [-0.1, -0.05) is 6.07 Å². The highest BCUT2D eigenvalue weighted by molar-refractivity contribution is 5.22. The number of ether oxygens (including phenoxy) is 1. The quantitative estimate of drug-likeness (QED) is 0.788. The Labute approximate surface area is 85.3 Å². The summed E-state index contributed by atoms with van der Waals surface area (Å²) in [6.45, 7) is 0.208. The zero-order chi connectivity index (χ0) is 11.4. The molecular weight excluding hydrogens is 209 g/mol. The van der Waals surface area contributed by atoms with Crippen molar-refractivity contribution in [1.29, 1.82) is 0 Å². The lowest BCUT2D eigenvalue weighted by atomic mass is 10.1. The average Bonchev–Trinajstić information content (AvgIpc) is 2.23. The summed E-state index contributed by atoms with van der Waals surface area (Å²) in [5.41, 5.74) is -0.258. The standard InChI is InChI=1S/C10H11F3O2/c1-15-5-4-8(14)6-2-3-7(11)10(13)9(6)12/h2-3,8,14H,4-5H2,1H3. The second kappa shape index (κ2) is 5.14. The van der Waals surface area contributed by atoms with Crippen LogP contribution in [0.25, 0.3) is 0 Å². The summed E-state index contributed by atoms with van der Waals surface area (Å²) in [6, 6.07) is 1.80. The lowest BCUT2D eigenvalue weighted by Gasteiger charge is -2.11. The maximum Gasteiger partial charge on any atom is 0.194 e. The van der Waals surface area contributed by atoms with Crippen LogP contribution in [0.4, 0.5) is 13.2 Å². The Morgan fingerprint density at radius 3 is 2.53 bits per heavy atom. The van der Waals surface area contributed by atoms with Gasteiger partial charge in [0.1, 0.15) is 0 Å². The third kappa shape index (κ3) is 2.70. The molecule has 0 radical (unpaired) electrons. The van der Waals surface area contributed by atoms with E-state index in [2.05, 4.69) is 4.74 Å². The van der Waals surface area contributed by atoms with Crippen LogP contribution in [-0.2, 0) is 4.74 Å². The van der Waals surface area contributed by atoms with Gasteiger partial charge >= 0.3 is 0 Å². The molecule has 0 saturated heterocycles. The number of rotatable bonds is 4. The molecule has 15 heavy (non-hydrogen) atoms. The monoisotopic (exact) mass is 220 g/mol. The molecule has 1 aromatic carbocycles. The first-order valence-corrected chi connectivity index (χ1v) is 4.38. The van der Waals surface area contributed by atoms with Crippen LogP contribution in [-0.4, -0.2) is 18.8 Å². The first-order valence-electron chi connectivity index (χ1n) is 4.38. The van der Waals surface area contributed by atoms with Gasteiger partial charge < -0.3 is 9.84 Å². The Hall–Kier alpha value is -1.07. The molecule has 0 amide bonds. The molecule has 1 aromatic rings. The number of hydrogen-bond donors (Lipinski definition) is 1. The fourth-order valence-corrected chi connectivity index (χ4v) is 1.18. The molecule has 5 heteroatoms. The van der Waals surface area contributed by atoms with Crippen molar-refractivity contribution in [3.05, 3.63) is 35.1 Å². The molecule has 84 valence electrons. The van der Waals surface area contributed by atoms with Crippen LogP contribution in [0.15, 0.2) is 12.1 Å². The molecule has 0 aliphatic heterocycles. The zero-order valence-electron chi connectivity index (χ0n) is 8.14. The van der Waals surface area contributed by atoms with Crippen molar-refractivity contribution in [3.8, 4) is 0 Å². The summed E-state index contributed by atoms with van der Waals surface area (Å²) >= 11 is 0. The smallest absolute Gasteiger partial charge is 0.194 e. The van der Waals surface area contributed by atoms with Crippen LogP contribution in [0.2, 0.25) is 0 Å². The Bertz CT molecular complexity index is 342. The molecule has 1 unspecified atom stereocenters. The largest absolute Gasteiger partial charge is 0.388 e. The van der Waals surface area contributed by atoms with Crippen LogP contribution in [0.3, 0.4) is 0 Å². The molecule has 0 aliphatic rings. The third-order valence-electron chi connectivity index (χ3n) is 2.02. The molecular formula is C10H11F3O2. The molecule has 0 heterocycles. The molecule has 0 saturated carbocycles. The second-order valence-corrected chi connectivity index (χ2v) is 3.06. The van der Waals surface area contributed by atoms with E-state index in [1.807, 2.05) is 0 Å². The van der Waals surface area contributed by atoms with Gasteiger partial charge in [-0.2, -0.15) is 0 Å². The molecule has 0 aliphatic carbocycles. The van der Waals surface area contributed by atoms with Crippen molar-refractivity contribution in [2.45, 2.75) is 12.5 Å². The Kier molecular flexibility index (Phi) is 4.11. The van der Waals surface area contributed by atoms with E-state index < -0.39 is 23.6 Å². The normalized spacial score (nSPS) is 12.9. The highest BCUT2D eigenvalue weighted by Gasteiger charge is 2.18. The highest BCUT2D eigenvalue weighted by atomic mass is 19.2. The van der Waals surface area contributed by atoms with Gasteiger partial charge in [-0.15, -0.1) is 0 Å². The van der Waals surface area contributed by atoms with E-state index in [0.717, 1.165) is 12.1 Å². The average molecular weight is 220 g/mol. The van der Waals surface area contributed by atoms with Gasteiger partial charge in [0, 0.05) is 25.7 Å². The zero-order valence-corrected chi connectivity index (χ0v) is 8.14. The summed E-state index contributed by atoms with van der Waals surface area (Å²) in [5.74, 6) is -4.18. The van der Waals surface area contributed by atoms with Crippen molar-refractivity contribution in [1.82, 2.24) is 0 Å². The molecule has 0 fully saturated rings. The Balaban J connectivity index is 2.90. The van der Waals surface area contributed by atoms with E-state index in [4.69, 9.17) is 0 Å². The fraction of sp³-hybridized carbons (Fsp3) is 0.400. The SMILES string of the molecule is COCCC(O)c1ccc(F)c(F)c1F. The van der Waals surface area contributed by atoms with Crippen molar-refractivity contribution < 1.29 is 23.0 Å². The first-order chi connectivity index (χ1) is 7.07. The Morgan fingerprint density at radius 1 is 1.27 bits per heavy atom. The topological polar surface area (TPSA) is 29.5 Å². The predicted octanol–water partition coefficient (Wildman–Crippen LogP) is 2.17. The van der Waals surface area contributed by atoms with Crippen LogP contribution < -0.4 is 0 Å². The molecule has 0 spiro atoms. The fourth-order valence-electron chi connectivity index (χ4n) is 1.18. The van der Waals surface area contributed by atoms with Crippen molar-refractivity contribution >= 4 is 0 Å². The van der Waals surface area contributed by atoms with Gasteiger partial charge in [-0.25, -0.2) is 13.2 Å². The van der Waals surface area contributed by atoms with Gasteiger partial charge in [0.15, 0.2) is 17.5 Å². The van der Waals surface area contributed by atoms with Gasteiger partial charge in [0.05, 0.1) is 6.10 Å². The van der Waals surface area contributed by atoms with Gasteiger partial charge in [0.25, 0.3) is 0 Å². The highest BCUT2D eigenvalue weighted by Crippen LogP contribution is 2.23. The molecule has 1 N–H and O–H groups in total. The lowest BCUT2D eigenvalue weighted by Crippen LogP contribution is -2.06. The number of hydrogen-bond acceptors (Lipinski definition) is 2. The number of methoxy groups -OCH3 is 1. The summed E-state index contributed by atoms with van der Waals surface area (Å²) in [4.78, 5) is 0. The summed E-state index contributed by atoms with van der Waals surface area (Å²) in [5, 5.41) is 9.44. The van der Waals surface area contributed by atoms with Crippen LogP contribution in [0.5, 0.6) is 0 Å². The minimum Gasteiger partial charge on any atom is -0.388 e. The van der Waals surface area contributed by atoms with E-state index in [1.54, 1.807) is 0 Å². The summed E-state index contributed by atoms with van der Waals surface area (Å²) < 4.78 is 43.1. The molecule has 2 nitrogen and oxygen atoms in total. The van der Waals surface area contributed by atoms with E-state index >= 15 is 0 Å². The summed E-state index contributed by atoms with van der Waals surface area (Å²) in [7, 11) is 1.42. The van der Waals surface area contributed by atoms with Gasteiger partial charge in [-0.05, 0) is 6.07 Å². The van der Waals surface area contributed by atoms with Crippen LogP contribution in [0, 0.1) is 17.5 Å². The maximum absolute atomic E-state index is 13.1. The van der Waals surface area contributed by atoms with Gasteiger partial charge in [0.2, 0.25) is 0 Å². The Morgan fingerprint density at radius 2 is 1.93 bits per heavy atom. The summed E-state index contributed by atoms with van der Waals surface area (Å²) in [6.07, 6.45) is -1.07. The van der Waals surface area contributed by atoms with E-state index in [0.29, 0.717) is 0 Å². The number of aliphatic hydroxyl groups excluding tert-OH is 1.